The van der Waals surface area contributed by atoms with Crippen LogP contribution in [-0.4, -0.2) is 24.1 Å². The van der Waals surface area contributed by atoms with Crippen molar-refractivity contribution in [3.63, 3.8) is 0 Å². The summed E-state index contributed by atoms with van der Waals surface area (Å²) in [4.78, 5) is 13.7. The fraction of sp³-hybridized carbons (Fsp3) is 0. The number of aromatic nitrogens is 5. The predicted molar refractivity (Wildman–Crippen MR) is 381 cm³/mol. The first-order valence-electron chi connectivity index (χ1n) is 29.7. The Morgan fingerprint density at radius 1 is 0.225 bits per heavy atom. The number of pyridine rings is 2. The molecular formula is C82H55Br2N5. The lowest BCUT2D eigenvalue weighted by molar-refractivity contribution is 1.17. The molecule has 5 nitrogen and oxygen atoms in total. The summed E-state index contributed by atoms with van der Waals surface area (Å²) in [5.41, 5.74) is 22.2. The molecule has 0 atom stereocenters. The molecule has 0 amide bonds. The molecule has 89 heavy (non-hydrogen) atoms. The highest BCUT2D eigenvalue weighted by Gasteiger charge is 2.17. The van der Waals surface area contributed by atoms with E-state index in [1.165, 1.54) is 71.0 Å². The van der Waals surface area contributed by atoms with Gasteiger partial charge < -0.3 is 14.1 Å². The highest BCUT2D eigenvalue weighted by molar-refractivity contribution is 9.10. The molecule has 422 valence electrons. The number of rotatable bonds is 8. The van der Waals surface area contributed by atoms with Gasteiger partial charge in [-0.2, -0.15) is 0 Å². The van der Waals surface area contributed by atoms with Crippen molar-refractivity contribution in [1.82, 2.24) is 24.1 Å². The molecule has 1 N–H and O–H groups in total. The SMILES string of the molecule is Brc1cccc(-c2cc(-c3ccccc3)cc(-c3cccc(Br)c3)n2)c1.c1ccc(-c2cc(-c3cccc(-n4c5ccccc5c5ccccc54)c3)nc(-c3cccc(-n4c5ccccc5c5ccccc54)c3)c2)cc1.c1ccc2c(c1)[nH]c1ccccc12. The van der Waals surface area contributed by atoms with Crippen LogP contribution in [0.4, 0.5) is 0 Å². The highest BCUT2D eigenvalue weighted by atomic mass is 79.9. The molecule has 7 heteroatoms. The summed E-state index contributed by atoms with van der Waals surface area (Å²) in [6.45, 7) is 0. The van der Waals surface area contributed by atoms with Crippen molar-refractivity contribution in [2.75, 3.05) is 0 Å². The Morgan fingerprint density at radius 2 is 0.506 bits per heavy atom. The van der Waals surface area contributed by atoms with Gasteiger partial charge in [0.05, 0.1) is 44.8 Å². The number of nitrogens with one attached hydrogen (secondary N) is 1. The summed E-state index contributed by atoms with van der Waals surface area (Å²) in [6, 6.07) is 115. The van der Waals surface area contributed by atoms with Gasteiger partial charge in [-0.1, -0.05) is 250 Å². The van der Waals surface area contributed by atoms with Crippen molar-refractivity contribution in [1.29, 1.82) is 0 Å². The third-order valence-electron chi connectivity index (χ3n) is 16.5. The first-order valence-corrected chi connectivity index (χ1v) is 31.3. The largest absolute Gasteiger partial charge is 0.355 e. The second-order valence-electron chi connectivity index (χ2n) is 22.1. The number of hydrogen-bond donors (Lipinski definition) is 1. The van der Waals surface area contributed by atoms with Crippen molar-refractivity contribution >= 4 is 97.3 Å². The van der Waals surface area contributed by atoms with E-state index in [0.29, 0.717) is 0 Å². The molecule has 0 saturated carbocycles. The summed E-state index contributed by atoms with van der Waals surface area (Å²) < 4.78 is 6.83. The Balaban J connectivity index is 0.000000140. The standard InChI is InChI=1S/C47H31N3.C23H15Br2N.C12H9N/c1-2-14-32(15-3-1)35-30-42(33-16-12-18-36(28-33)49-44-24-8-4-20-38(44)39-21-5-9-25-45(39)49)48-43(31-35)34-17-13-19-37(29-34)50-46-26-10-6-22-40(46)41-23-7-11-27-47(41)50;24-20-10-4-8-17(12-20)22-14-19(16-6-2-1-3-7-16)15-23(26-22)18-9-5-11-21(25)13-18;1-3-7-11-9(5-1)10-6-2-4-8-12(10)13-11/h1-31H;1-15H;1-8,13H. The number of nitrogens with zero attached hydrogens (tertiary/aromatic N) is 4. The number of aromatic amines is 1. The molecular weight excluding hydrogens is 1210 g/mol. The quantitative estimate of drug-likeness (QED) is 0.165. The summed E-state index contributed by atoms with van der Waals surface area (Å²) in [5, 5.41) is 7.62. The topological polar surface area (TPSA) is 51.4 Å². The molecule has 0 aliphatic carbocycles. The van der Waals surface area contributed by atoms with Gasteiger partial charge in [-0.3, -0.25) is 0 Å². The molecule has 12 aromatic carbocycles. The molecule has 0 unspecified atom stereocenters. The van der Waals surface area contributed by atoms with E-state index >= 15 is 0 Å². The average Bonchev–Trinajstić information content (AvgIpc) is 2.01. The lowest BCUT2D eigenvalue weighted by atomic mass is 9.99. The second-order valence-corrected chi connectivity index (χ2v) is 23.9. The van der Waals surface area contributed by atoms with E-state index in [-0.39, 0.29) is 0 Å². The Morgan fingerprint density at radius 3 is 0.854 bits per heavy atom. The van der Waals surface area contributed by atoms with Crippen LogP contribution in [0.15, 0.2) is 337 Å². The molecule has 0 fully saturated rings. The molecule has 0 aliphatic rings. The molecule has 17 rings (SSSR count). The van der Waals surface area contributed by atoms with E-state index in [0.717, 1.165) is 82.0 Å². The minimum atomic E-state index is 0.936. The normalized spacial score (nSPS) is 11.3. The summed E-state index contributed by atoms with van der Waals surface area (Å²) >= 11 is 7.12. The van der Waals surface area contributed by atoms with Gasteiger partial charge in [0.25, 0.3) is 0 Å². The van der Waals surface area contributed by atoms with Crippen LogP contribution in [0.25, 0.3) is 144 Å². The van der Waals surface area contributed by atoms with Crippen LogP contribution in [0.1, 0.15) is 0 Å². The maximum Gasteiger partial charge on any atom is 0.0716 e. The van der Waals surface area contributed by atoms with Crippen LogP contribution in [0.2, 0.25) is 0 Å². The van der Waals surface area contributed by atoms with Crippen LogP contribution in [0, 0.1) is 0 Å². The number of para-hydroxylation sites is 6. The van der Waals surface area contributed by atoms with Crippen molar-refractivity contribution < 1.29 is 0 Å². The molecule has 0 aliphatic heterocycles. The molecule has 17 aromatic rings. The molecule has 0 spiro atoms. The van der Waals surface area contributed by atoms with Crippen molar-refractivity contribution in [2.45, 2.75) is 0 Å². The smallest absolute Gasteiger partial charge is 0.0716 e. The third-order valence-corrected chi connectivity index (χ3v) is 17.5. The summed E-state index contributed by atoms with van der Waals surface area (Å²) in [6.07, 6.45) is 0. The maximum absolute atomic E-state index is 5.38. The fourth-order valence-corrected chi connectivity index (χ4v) is 13.2. The van der Waals surface area contributed by atoms with E-state index in [9.17, 15) is 0 Å². The zero-order valence-corrected chi connectivity index (χ0v) is 51.4. The molecule has 5 heterocycles. The molecule has 5 aromatic heterocycles. The van der Waals surface area contributed by atoms with Gasteiger partial charge in [-0.25, -0.2) is 9.97 Å². The van der Waals surface area contributed by atoms with Crippen molar-refractivity contribution in [3.05, 3.63) is 337 Å². The minimum Gasteiger partial charge on any atom is -0.355 e. The van der Waals surface area contributed by atoms with Crippen LogP contribution in [0.5, 0.6) is 0 Å². The van der Waals surface area contributed by atoms with Gasteiger partial charge in [0, 0.05) is 85.9 Å². The molecule has 0 bridgehead atoms. The Hall–Kier alpha value is -10.7. The van der Waals surface area contributed by atoms with Gasteiger partial charge in [0.15, 0.2) is 0 Å². The number of fused-ring (bicyclic) bond motifs is 9. The maximum atomic E-state index is 5.38. The Kier molecular flexibility index (Phi) is 14.9. The zero-order valence-electron chi connectivity index (χ0n) is 48.2. The monoisotopic (exact) mass is 1270 g/mol. The van der Waals surface area contributed by atoms with E-state index in [4.69, 9.17) is 9.97 Å². The minimum absolute atomic E-state index is 0.936. The zero-order chi connectivity index (χ0) is 59.6. The van der Waals surface area contributed by atoms with Gasteiger partial charge in [-0.15, -0.1) is 0 Å². The van der Waals surface area contributed by atoms with Crippen LogP contribution >= 0.6 is 31.9 Å². The van der Waals surface area contributed by atoms with Crippen molar-refractivity contribution in [2.24, 2.45) is 0 Å². The number of H-pyrrole nitrogens is 1. The first-order chi connectivity index (χ1) is 43.9. The van der Waals surface area contributed by atoms with Crippen LogP contribution in [0.3, 0.4) is 0 Å². The van der Waals surface area contributed by atoms with E-state index in [2.05, 4.69) is 343 Å². The fourth-order valence-electron chi connectivity index (χ4n) is 12.4. The molecule has 0 saturated heterocycles. The summed E-state index contributed by atoms with van der Waals surface area (Å²) in [5.74, 6) is 0. The van der Waals surface area contributed by atoms with Crippen molar-refractivity contribution in [3.8, 4) is 78.7 Å². The van der Waals surface area contributed by atoms with Crippen LogP contribution < -0.4 is 0 Å². The molecule has 0 radical (unpaired) electrons. The highest BCUT2D eigenvalue weighted by Crippen LogP contribution is 2.38. The summed E-state index contributed by atoms with van der Waals surface area (Å²) in [7, 11) is 0. The third kappa shape index (κ3) is 11.0. The predicted octanol–water partition coefficient (Wildman–Crippen LogP) is 23.2. The second kappa shape index (κ2) is 24.2. The van der Waals surface area contributed by atoms with Gasteiger partial charge >= 0.3 is 0 Å². The lowest BCUT2D eigenvalue weighted by Crippen LogP contribution is -1.97. The van der Waals surface area contributed by atoms with Gasteiger partial charge in [0.2, 0.25) is 0 Å². The number of benzene rings is 12. The van der Waals surface area contributed by atoms with Crippen LogP contribution in [-0.2, 0) is 0 Å². The number of hydrogen-bond acceptors (Lipinski definition) is 2. The first kappa shape index (κ1) is 54.9. The van der Waals surface area contributed by atoms with Gasteiger partial charge in [0.1, 0.15) is 0 Å². The Bertz CT molecular complexity index is 5030. The average molecular weight is 1270 g/mol. The van der Waals surface area contributed by atoms with E-state index in [1.807, 2.05) is 30.3 Å². The van der Waals surface area contributed by atoms with E-state index in [1.54, 1.807) is 0 Å². The number of halogens is 2. The van der Waals surface area contributed by atoms with E-state index < -0.39 is 0 Å². The lowest BCUT2D eigenvalue weighted by Gasteiger charge is -2.14. The van der Waals surface area contributed by atoms with Gasteiger partial charge in [-0.05, 0) is 131 Å². The Labute approximate surface area is 532 Å².